The topological polar surface area (TPSA) is 72.0 Å². The van der Waals surface area contributed by atoms with Gasteiger partial charge in [0, 0.05) is 5.56 Å². The number of benzene rings is 2. The van der Waals surface area contributed by atoms with Gasteiger partial charge in [0.2, 0.25) is 5.13 Å². The van der Waals surface area contributed by atoms with Crippen LogP contribution >= 0.6 is 11.3 Å². The summed E-state index contributed by atoms with van der Waals surface area (Å²) >= 11 is 1.21. The van der Waals surface area contributed by atoms with Crippen molar-refractivity contribution in [2.45, 2.75) is 24.7 Å². The Labute approximate surface area is 145 Å². The predicted octanol–water partition coefficient (Wildman–Crippen LogP) is 3.96. The highest BCUT2D eigenvalue weighted by Gasteiger charge is 2.17. The van der Waals surface area contributed by atoms with E-state index in [0.29, 0.717) is 5.01 Å². The largest absolute Gasteiger partial charge is 0.263 e. The SMILES string of the molecule is CCCc1ccc(S(=O)(=O)Nc2nnc(-c3ccccc3)s2)cc1. The molecule has 1 heterocycles. The Morgan fingerprint density at radius 2 is 1.71 bits per heavy atom. The number of aromatic nitrogens is 2. The molecule has 0 saturated heterocycles. The van der Waals surface area contributed by atoms with Gasteiger partial charge in [0.1, 0.15) is 5.01 Å². The first kappa shape index (κ1) is 16.6. The van der Waals surface area contributed by atoms with E-state index in [2.05, 4.69) is 21.8 Å². The third-order valence-corrected chi connectivity index (χ3v) is 5.81. The van der Waals surface area contributed by atoms with Crippen molar-refractivity contribution in [2.24, 2.45) is 0 Å². The molecule has 0 saturated carbocycles. The van der Waals surface area contributed by atoms with E-state index >= 15 is 0 Å². The van der Waals surface area contributed by atoms with E-state index in [1.165, 1.54) is 11.3 Å². The zero-order valence-electron chi connectivity index (χ0n) is 13.1. The summed E-state index contributed by atoms with van der Waals surface area (Å²) in [5.41, 5.74) is 2.03. The Morgan fingerprint density at radius 1 is 1.00 bits per heavy atom. The summed E-state index contributed by atoms with van der Waals surface area (Å²) in [6.45, 7) is 2.09. The molecule has 24 heavy (non-hydrogen) atoms. The normalized spacial score (nSPS) is 11.4. The molecular weight excluding hydrogens is 342 g/mol. The van der Waals surface area contributed by atoms with Crippen molar-refractivity contribution in [2.75, 3.05) is 4.72 Å². The molecule has 0 unspecified atom stereocenters. The highest BCUT2D eigenvalue weighted by molar-refractivity contribution is 7.93. The highest BCUT2D eigenvalue weighted by atomic mass is 32.2. The number of anilines is 1. The minimum atomic E-state index is -3.66. The second kappa shape index (κ2) is 7.11. The molecule has 1 aromatic heterocycles. The second-order valence-corrected chi connectivity index (χ2v) is 7.94. The molecule has 0 aliphatic heterocycles. The molecule has 0 radical (unpaired) electrons. The minimum Gasteiger partial charge on any atom is -0.253 e. The Balaban J connectivity index is 1.78. The van der Waals surface area contributed by atoms with Gasteiger partial charge in [-0.2, -0.15) is 0 Å². The molecule has 0 amide bonds. The van der Waals surface area contributed by atoms with E-state index in [4.69, 9.17) is 0 Å². The molecule has 3 rings (SSSR count). The third kappa shape index (κ3) is 3.80. The zero-order chi connectivity index (χ0) is 17.0. The van der Waals surface area contributed by atoms with Crippen LogP contribution in [0.25, 0.3) is 10.6 Å². The van der Waals surface area contributed by atoms with E-state index in [9.17, 15) is 8.42 Å². The molecule has 0 spiro atoms. The lowest BCUT2D eigenvalue weighted by Crippen LogP contribution is -2.12. The first-order valence-corrected chi connectivity index (χ1v) is 9.89. The maximum absolute atomic E-state index is 12.4. The van der Waals surface area contributed by atoms with Crippen molar-refractivity contribution in [1.82, 2.24) is 10.2 Å². The summed E-state index contributed by atoms with van der Waals surface area (Å²) < 4.78 is 27.4. The van der Waals surface area contributed by atoms with Gasteiger partial charge in [0.05, 0.1) is 4.90 Å². The van der Waals surface area contributed by atoms with Crippen molar-refractivity contribution in [3.8, 4) is 10.6 Å². The summed E-state index contributed by atoms with van der Waals surface area (Å²) in [7, 11) is -3.66. The smallest absolute Gasteiger partial charge is 0.253 e. The number of hydrogen-bond acceptors (Lipinski definition) is 5. The van der Waals surface area contributed by atoms with Crippen LogP contribution < -0.4 is 4.72 Å². The van der Waals surface area contributed by atoms with Gasteiger partial charge in [-0.1, -0.05) is 67.1 Å². The Bertz CT molecular complexity index is 905. The molecular formula is C17H17N3O2S2. The van der Waals surface area contributed by atoms with Gasteiger partial charge in [-0.25, -0.2) is 8.42 Å². The summed E-state index contributed by atoms with van der Waals surface area (Å²) in [6.07, 6.45) is 1.96. The second-order valence-electron chi connectivity index (χ2n) is 5.28. The molecule has 0 aliphatic carbocycles. The van der Waals surface area contributed by atoms with Crippen LogP contribution in [0.2, 0.25) is 0 Å². The fourth-order valence-corrected chi connectivity index (χ4v) is 4.24. The molecule has 5 nitrogen and oxygen atoms in total. The number of sulfonamides is 1. The van der Waals surface area contributed by atoms with Crippen LogP contribution in [0.4, 0.5) is 5.13 Å². The van der Waals surface area contributed by atoms with E-state index in [1.807, 2.05) is 42.5 Å². The van der Waals surface area contributed by atoms with Crippen molar-refractivity contribution < 1.29 is 8.42 Å². The van der Waals surface area contributed by atoms with Crippen molar-refractivity contribution >= 4 is 26.5 Å². The van der Waals surface area contributed by atoms with Crippen LogP contribution in [0, 0.1) is 0 Å². The van der Waals surface area contributed by atoms with Crippen molar-refractivity contribution in [1.29, 1.82) is 0 Å². The van der Waals surface area contributed by atoms with Crippen LogP contribution in [0.15, 0.2) is 59.5 Å². The first-order valence-electron chi connectivity index (χ1n) is 7.59. The highest BCUT2D eigenvalue weighted by Crippen LogP contribution is 2.27. The number of rotatable bonds is 6. The van der Waals surface area contributed by atoms with E-state index < -0.39 is 10.0 Å². The summed E-state index contributed by atoms with van der Waals surface area (Å²) in [5.74, 6) is 0. The van der Waals surface area contributed by atoms with Gasteiger partial charge >= 0.3 is 0 Å². The fraction of sp³-hybridized carbons (Fsp3) is 0.176. The van der Waals surface area contributed by atoms with Gasteiger partial charge in [0.25, 0.3) is 10.0 Å². The lowest BCUT2D eigenvalue weighted by Gasteiger charge is -2.05. The minimum absolute atomic E-state index is 0.221. The number of hydrogen-bond donors (Lipinski definition) is 1. The number of nitrogens with zero attached hydrogens (tertiary/aromatic N) is 2. The van der Waals surface area contributed by atoms with Gasteiger partial charge < -0.3 is 0 Å². The van der Waals surface area contributed by atoms with Gasteiger partial charge in [-0.3, -0.25) is 4.72 Å². The molecule has 7 heteroatoms. The van der Waals surface area contributed by atoms with Crippen molar-refractivity contribution in [3.63, 3.8) is 0 Å². The molecule has 1 N–H and O–H groups in total. The Morgan fingerprint density at radius 3 is 2.38 bits per heavy atom. The van der Waals surface area contributed by atoms with Crippen molar-refractivity contribution in [3.05, 3.63) is 60.2 Å². The van der Waals surface area contributed by atoms with Crippen LogP contribution in [0.1, 0.15) is 18.9 Å². The molecule has 0 aliphatic rings. The Hall–Kier alpha value is -2.25. The molecule has 2 aromatic carbocycles. The summed E-state index contributed by atoms with van der Waals surface area (Å²) in [5, 5.41) is 8.90. The average Bonchev–Trinajstić information content (AvgIpc) is 3.04. The van der Waals surface area contributed by atoms with Gasteiger partial charge in [-0.05, 0) is 24.1 Å². The maximum atomic E-state index is 12.4. The predicted molar refractivity (Wildman–Crippen MR) is 96.6 cm³/mol. The van der Waals surface area contributed by atoms with Gasteiger partial charge in [0.15, 0.2) is 0 Å². The van der Waals surface area contributed by atoms with Gasteiger partial charge in [-0.15, -0.1) is 10.2 Å². The zero-order valence-corrected chi connectivity index (χ0v) is 14.8. The first-order chi connectivity index (χ1) is 11.6. The summed E-state index contributed by atoms with van der Waals surface area (Å²) in [4.78, 5) is 0.221. The van der Waals surface area contributed by atoms with Crippen LogP contribution in [-0.4, -0.2) is 18.6 Å². The monoisotopic (exact) mass is 359 g/mol. The molecule has 0 atom stereocenters. The van der Waals surface area contributed by atoms with Crippen LogP contribution in [-0.2, 0) is 16.4 Å². The summed E-state index contributed by atoms with van der Waals surface area (Å²) in [6, 6.07) is 16.4. The van der Waals surface area contributed by atoms with E-state index in [0.717, 1.165) is 24.0 Å². The Kier molecular flexibility index (Phi) is 4.92. The standard InChI is InChI=1S/C17H17N3O2S2/c1-2-6-13-9-11-15(12-10-13)24(21,22)20-17-19-18-16(23-17)14-7-4-3-5-8-14/h3-5,7-12H,2,6H2,1H3,(H,19,20). The number of nitrogens with one attached hydrogen (secondary N) is 1. The maximum Gasteiger partial charge on any atom is 0.263 e. The quantitative estimate of drug-likeness (QED) is 0.723. The van der Waals surface area contributed by atoms with Crippen LogP contribution in [0.3, 0.4) is 0 Å². The lowest BCUT2D eigenvalue weighted by atomic mass is 10.1. The lowest BCUT2D eigenvalue weighted by molar-refractivity contribution is 0.601. The molecule has 3 aromatic rings. The van der Waals surface area contributed by atoms with Crippen LogP contribution in [0.5, 0.6) is 0 Å². The third-order valence-electron chi connectivity index (χ3n) is 3.44. The average molecular weight is 359 g/mol. The van der Waals surface area contributed by atoms with E-state index in [1.54, 1.807) is 12.1 Å². The van der Waals surface area contributed by atoms with E-state index in [-0.39, 0.29) is 10.0 Å². The fourth-order valence-electron chi connectivity index (χ4n) is 2.26. The molecule has 0 fully saturated rings. The molecule has 0 bridgehead atoms. The molecule has 124 valence electrons. The number of aryl methyl sites for hydroxylation is 1.